The number of hydrogen-bond donors (Lipinski definition) is 2. The van der Waals surface area contributed by atoms with Crippen LogP contribution in [0.5, 0.6) is 5.75 Å². The number of benzene rings is 4. The molecule has 38 heavy (non-hydrogen) atoms. The van der Waals surface area contributed by atoms with Gasteiger partial charge in [-0.05, 0) is 67.4 Å². The Bertz CT molecular complexity index is 1530. The highest BCUT2D eigenvalue weighted by atomic mass is 35.5. The Hall–Kier alpha value is -3.46. The first-order valence-electron chi connectivity index (χ1n) is 11.7. The van der Waals surface area contributed by atoms with Crippen molar-refractivity contribution in [2.75, 3.05) is 17.1 Å². The van der Waals surface area contributed by atoms with Crippen molar-refractivity contribution in [3.05, 3.63) is 113 Å². The van der Waals surface area contributed by atoms with E-state index in [1.165, 1.54) is 18.9 Å². The third-order valence-electron chi connectivity index (χ3n) is 5.77. The minimum Gasteiger partial charge on any atom is -0.495 e. The predicted molar refractivity (Wildman–Crippen MR) is 155 cm³/mol. The van der Waals surface area contributed by atoms with E-state index < -0.39 is 15.3 Å². The summed E-state index contributed by atoms with van der Waals surface area (Å²) in [5.74, 6) is 0.237. The van der Waals surface area contributed by atoms with Gasteiger partial charge in [0.05, 0.1) is 17.7 Å². The molecule has 1 atom stereocenters. The fourth-order valence-corrected chi connectivity index (χ4v) is 5.93. The second-order valence-electron chi connectivity index (χ2n) is 8.64. The molecule has 9 heteroatoms. The van der Waals surface area contributed by atoms with Crippen molar-refractivity contribution in [3.8, 4) is 5.75 Å². The maximum atomic E-state index is 13.5. The second kappa shape index (κ2) is 11.9. The van der Waals surface area contributed by atoms with Gasteiger partial charge in [-0.2, -0.15) is 0 Å². The lowest BCUT2D eigenvalue weighted by molar-refractivity contribution is -0.115. The number of methoxy groups -OCH3 is 1. The van der Waals surface area contributed by atoms with E-state index in [2.05, 4.69) is 10.0 Å². The number of carbonyl (C=O) groups excluding carboxylic acids is 1. The average Bonchev–Trinajstić information content (AvgIpc) is 2.90. The summed E-state index contributed by atoms with van der Waals surface area (Å²) in [4.78, 5) is 14.5. The van der Waals surface area contributed by atoms with Crippen molar-refractivity contribution in [1.82, 2.24) is 0 Å². The normalized spacial score (nSPS) is 12.0. The molecule has 0 saturated carbocycles. The number of carbonyl (C=O) groups is 1. The second-order valence-corrected chi connectivity index (χ2v) is 11.9. The zero-order chi connectivity index (χ0) is 27.3. The highest BCUT2D eigenvalue weighted by Crippen LogP contribution is 2.38. The van der Waals surface area contributed by atoms with Gasteiger partial charge in [0, 0.05) is 21.7 Å². The quantitative estimate of drug-likeness (QED) is 0.209. The molecule has 0 spiro atoms. The molecule has 4 aromatic rings. The Labute approximate surface area is 232 Å². The Morgan fingerprint density at radius 3 is 2.21 bits per heavy atom. The van der Waals surface area contributed by atoms with Gasteiger partial charge in [0.15, 0.2) is 0 Å². The van der Waals surface area contributed by atoms with Gasteiger partial charge >= 0.3 is 0 Å². The van der Waals surface area contributed by atoms with Gasteiger partial charge in [-0.15, -0.1) is 11.8 Å². The predicted octanol–water partition coefficient (Wildman–Crippen LogP) is 7.24. The molecule has 0 saturated heterocycles. The molecule has 2 N–H and O–H groups in total. The van der Waals surface area contributed by atoms with Crippen LogP contribution in [0.3, 0.4) is 0 Å². The summed E-state index contributed by atoms with van der Waals surface area (Å²) in [5, 5.41) is 2.95. The molecule has 4 rings (SSSR count). The zero-order valence-electron chi connectivity index (χ0n) is 21.1. The minimum absolute atomic E-state index is 0.190. The fraction of sp³-hybridized carbons (Fsp3) is 0.138. The summed E-state index contributed by atoms with van der Waals surface area (Å²) in [7, 11) is -2.19. The van der Waals surface area contributed by atoms with Crippen LogP contribution >= 0.6 is 23.4 Å². The third kappa shape index (κ3) is 6.69. The zero-order valence-corrected chi connectivity index (χ0v) is 23.5. The summed E-state index contributed by atoms with van der Waals surface area (Å²) in [6.07, 6.45) is 0. The largest absolute Gasteiger partial charge is 0.495 e. The minimum atomic E-state index is -3.71. The molecule has 0 aliphatic rings. The Morgan fingerprint density at radius 2 is 1.58 bits per heavy atom. The number of thioether (sulfide) groups is 1. The van der Waals surface area contributed by atoms with Crippen molar-refractivity contribution in [2.45, 2.75) is 28.9 Å². The van der Waals surface area contributed by atoms with Gasteiger partial charge in [0.25, 0.3) is 10.0 Å². The van der Waals surface area contributed by atoms with E-state index in [4.69, 9.17) is 16.3 Å². The van der Waals surface area contributed by atoms with Gasteiger partial charge in [0.2, 0.25) is 5.91 Å². The topological polar surface area (TPSA) is 84.5 Å². The van der Waals surface area contributed by atoms with Gasteiger partial charge in [-0.3, -0.25) is 9.52 Å². The van der Waals surface area contributed by atoms with Gasteiger partial charge in [-0.25, -0.2) is 8.42 Å². The molecule has 196 valence electrons. The molecule has 0 bridgehead atoms. The Kier molecular flexibility index (Phi) is 8.66. The highest BCUT2D eigenvalue weighted by Gasteiger charge is 2.24. The molecule has 6 nitrogen and oxygen atoms in total. The monoisotopic (exact) mass is 566 g/mol. The first kappa shape index (κ1) is 27.6. The maximum absolute atomic E-state index is 13.5. The van der Waals surface area contributed by atoms with Crippen LogP contribution in [0.2, 0.25) is 5.02 Å². The van der Waals surface area contributed by atoms with Crippen LogP contribution in [-0.4, -0.2) is 21.4 Å². The van der Waals surface area contributed by atoms with E-state index in [0.717, 1.165) is 21.6 Å². The van der Waals surface area contributed by atoms with Crippen LogP contribution in [0.15, 0.2) is 101 Å². The lowest BCUT2D eigenvalue weighted by Crippen LogP contribution is -2.19. The van der Waals surface area contributed by atoms with Crippen LogP contribution in [0.1, 0.15) is 21.9 Å². The number of sulfonamides is 1. The summed E-state index contributed by atoms with van der Waals surface area (Å²) >= 11 is 7.58. The van der Waals surface area contributed by atoms with E-state index >= 15 is 0 Å². The molecule has 0 aliphatic carbocycles. The number of ether oxygens (including phenoxy) is 1. The average molecular weight is 567 g/mol. The van der Waals surface area contributed by atoms with Crippen LogP contribution in [-0.2, 0) is 14.8 Å². The fourth-order valence-electron chi connectivity index (χ4n) is 3.70. The van der Waals surface area contributed by atoms with Crippen molar-refractivity contribution in [3.63, 3.8) is 0 Å². The molecular weight excluding hydrogens is 540 g/mol. The number of aryl methyl sites for hydroxylation is 2. The highest BCUT2D eigenvalue weighted by molar-refractivity contribution is 8.00. The number of rotatable bonds is 9. The number of anilines is 2. The summed E-state index contributed by atoms with van der Waals surface area (Å²) < 4.78 is 33.5. The SMILES string of the molecule is COc1cc(Cl)c(C)cc1NC(=O)C(Sc1ccc(NS(=O)(=O)c2ccc(C)cc2)cc1)c1ccccc1. The van der Waals surface area contributed by atoms with Crippen LogP contribution in [0.25, 0.3) is 0 Å². The molecule has 0 radical (unpaired) electrons. The number of nitrogens with one attached hydrogen (secondary N) is 2. The summed E-state index contributed by atoms with van der Waals surface area (Å²) in [5.41, 5.74) is 3.57. The van der Waals surface area contributed by atoms with Crippen LogP contribution < -0.4 is 14.8 Å². The van der Waals surface area contributed by atoms with E-state index in [1.54, 1.807) is 60.7 Å². The smallest absolute Gasteiger partial charge is 0.261 e. The lowest BCUT2D eigenvalue weighted by atomic mass is 10.1. The van der Waals surface area contributed by atoms with E-state index in [9.17, 15) is 13.2 Å². The third-order valence-corrected chi connectivity index (χ3v) is 8.84. The molecule has 0 heterocycles. The van der Waals surface area contributed by atoms with E-state index in [-0.39, 0.29) is 10.8 Å². The number of halogens is 1. The van der Waals surface area contributed by atoms with Crippen LogP contribution in [0.4, 0.5) is 11.4 Å². The first-order chi connectivity index (χ1) is 18.2. The molecule has 4 aromatic carbocycles. The molecular formula is C29H27ClN2O4S2. The Morgan fingerprint density at radius 1 is 0.921 bits per heavy atom. The van der Waals surface area contributed by atoms with Gasteiger partial charge < -0.3 is 10.1 Å². The van der Waals surface area contributed by atoms with Crippen molar-refractivity contribution in [1.29, 1.82) is 0 Å². The van der Waals surface area contributed by atoms with E-state index in [1.807, 2.05) is 44.2 Å². The van der Waals surface area contributed by atoms with Crippen molar-refractivity contribution >= 4 is 50.7 Å². The van der Waals surface area contributed by atoms with Crippen LogP contribution in [0, 0.1) is 13.8 Å². The molecule has 0 aromatic heterocycles. The van der Waals surface area contributed by atoms with Crippen molar-refractivity contribution < 1.29 is 17.9 Å². The molecule has 0 fully saturated rings. The number of amides is 1. The molecule has 1 unspecified atom stereocenters. The van der Waals surface area contributed by atoms with E-state index in [0.29, 0.717) is 22.1 Å². The van der Waals surface area contributed by atoms with Crippen molar-refractivity contribution in [2.24, 2.45) is 0 Å². The maximum Gasteiger partial charge on any atom is 0.261 e. The Balaban J connectivity index is 1.55. The lowest BCUT2D eigenvalue weighted by Gasteiger charge is -2.19. The standard InChI is InChI=1S/C29H27ClN2O4S2/c1-19-9-15-24(16-10-19)38(34,35)32-22-11-13-23(14-12-22)37-28(21-7-5-4-6-8-21)29(33)31-26-17-20(2)25(30)18-27(26)36-3/h4-18,28,32H,1-3H3,(H,31,33). The van der Waals surface area contributed by atoms with Gasteiger partial charge in [0.1, 0.15) is 11.0 Å². The molecule has 0 aliphatic heterocycles. The number of hydrogen-bond acceptors (Lipinski definition) is 5. The summed E-state index contributed by atoms with van der Waals surface area (Å²) in [6, 6.07) is 26.5. The summed E-state index contributed by atoms with van der Waals surface area (Å²) in [6.45, 7) is 3.76. The molecule has 1 amide bonds. The van der Waals surface area contributed by atoms with Gasteiger partial charge in [-0.1, -0.05) is 59.6 Å². The first-order valence-corrected chi connectivity index (χ1v) is 14.5.